The smallest absolute Gasteiger partial charge is 0.360 e. The lowest BCUT2D eigenvalue weighted by atomic mass is 10.1. The van der Waals surface area contributed by atoms with Gasteiger partial charge in [-0.05, 0) is 36.4 Å². The average molecular weight is 446 g/mol. The van der Waals surface area contributed by atoms with Crippen LogP contribution in [0.1, 0.15) is 22.5 Å². The summed E-state index contributed by atoms with van der Waals surface area (Å²) in [5.74, 6) is 0. The van der Waals surface area contributed by atoms with Gasteiger partial charge in [0.2, 0.25) is 0 Å². The number of benzene rings is 1. The van der Waals surface area contributed by atoms with Crippen molar-refractivity contribution in [3.63, 3.8) is 0 Å². The highest BCUT2D eigenvalue weighted by atomic mass is 35.5. The van der Waals surface area contributed by atoms with Gasteiger partial charge in [-0.2, -0.15) is 26.3 Å². The summed E-state index contributed by atoms with van der Waals surface area (Å²) in [7, 11) is 0. The van der Waals surface area contributed by atoms with Crippen LogP contribution in [0.15, 0.2) is 60.9 Å². The second-order valence-electron chi connectivity index (χ2n) is 6.35. The first-order chi connectivity index (χ1) is 14.1. The van der Waals surface area contributed by atoms with Crippen molar-refractivity contribution in [1.82, 2.24) is 9.97 Å². The molecule has 158 valence electrons. The molecule has 0 bridgehead atoms. The molecule has 0 radical (unpaired) electrons. The van der Waals surface area contributed by atoms with Gasteiger partial charge < -0.3 is 4.90 Å². The Bertz CT molecular complexity index is 914. The summed E-state index contributed by atoms with van der Waals surface area (Å²) >= 11 is 5.49. The zero-order valence-electron chi connectivity index (χ0n) is 15.2. The number of hydrogen-bond acceptors (Lipinski definition) is 3. The van der Waals surface area contributed by atoms with Gasteiger partial charge >= 0.3 is 12.4 Å². The van der Waals surface area contributed by atoms with Gasteiger partial charge in [0.05, 0.1) is 40.6 Å². The lowest BCUT2D eigenvalue weighted by Crippen LogP contribution is -2.25. The molecule has 30 heavy (non-hydrogen) atoms. The fraction of sp³-hybridized carbons (Fsp3) is 0.200. The van der Waals surface area contributed by atoms with Gasteiger partial charge in [0.15, 0.2) is 0 Å². The van der Waals surface area contributed by atoms with Crippen LogP contribution in [0.4, 0.5) is 32.0 Å². The standard InChI is InChI=1S/C20H14ClF6N3/c21-18-16(19(22,23)24)9-15(10-17(18)20(25,26)27)30(11-13-5-1-3-7-28-13)12-14-6-2-4-8-29-14/h1-10H,11-12H2. The summed E-state index contributed by atoms with van der Waals surface area (Å²) < 4.78 is 80.5. The fourth-order valence-electron chi connectivity index (χ4n) is 2.82. The predicted octanol–water partition coefficient (Wildman–Crippen LogP) is 6.37. The molecule has 0 unspecified atom stereocenters. The molecule has 3 nitrogen and oxygen atoms in total. The van der Waals surface area contributed by atoms with Gasteiger partial charge in [-0.3, -0.25) is 9.97 Å². The van der Waals surface area contributed by atoms with Crippen molar-refractivity contribution < 1.29 is 26.3 Å². The molecule has 0 aliphatic heterocycles. The third kappa shape index (κ3) is 5.21. The van der Waals surface area contributed by atoms with Crippen LogP contribution in [-0.4, -0.2) is 9.97 Å². The van der Waals surface area contributed by atoms with E-state index in [4.69, 9.17) is 11.6 Å². The topological polar surface area (TPSA) is 29.0 Å². The maximum absolute atomic E-state index is 13.4. The van der Waals surface area contributed by atoms with Crippen molar-refractivity contribution in [2.45, 2.75) is 25.4 Å². The summed E-state index contributed by atoms with van der Waals surface area (Å²) in [6.07, 6.45) is -7.15. The van der Waals surface area contributed by atoms with Crippen molar-refractivity contribution in [2.24, 2.45) is 0 Å². The zero-order chi connectivity index (χ0) is 21.9. The van der Waals surface area contributed by atoms with E-state index in [1.54, 1.807) is 36.4 Å². The third-order valence-corrected chi connectivity index (χ3v) is 4.60. The molecule has 0 aliphatic rings. The molecule has 1 aromatic carbocycles. The predicted molar refractivity (Wildman–Crippen MR) is 99.8 cm³/mol. The highest BCUT2D eigenvalue weighted by molar-refractivity contribution is 6.32. The summed E-state index contributed by atoms with van der Waals surface area (Å²) in [6.45, 7) is -0.0682. The van der Waals surface area contributed by atoms with E-state index in [2.05, 4.69) is 9.97 Å². The van der Waals surface area contributed by atoms with Crippen molar-refractivity contribution in [1.29, 1.82) is 0 Å². The molecule has 0 spiro atoms. The number of nitrogens with zero attached hydrogens (tertiary/aromatic N) is 3. The Morgan fingerprint density at radius 1 is 0.733 bits per heavy atom. The quantitative estimate of drug-likeness (QED) is 0.427. The maximum atomic E-state index is 13.4. The van der Waals surface area contributed by atoms with Crippen LogP contribution in [0.2, 0.25) is 5.02 Å². The Kier molecular flexibility index (Phi) is 6.21. The third-order valence-electron chi connectivity index (χ3n) is 4.19. The molecular formula is C20H14ClF6N3. The van der Waals surface area contributed by atoms with Gasteiger partial charge in [-0.25, -0.2) is 0 Å². The minimum atomic E-state index is -5.06. The van der Waals surface area contributed by atoms with E-state index >= 15 is 0 Å². The first-order valence-corrected chi connectivity index (χ1v) is 8.96. The van der Waals surface area contributed by atoms with E-state index in [1.807, 2.05) is 0 Å². The van der Waals surface area contributed by atoms with Crippen LogP contribution in [0.5, 0.6) is 0 Å². The molecule has 0 saturated carbocycles. The number of aromatic nitrogens is 2. The number of alkyl halides is 6. The molecular weight excluding hydrogens is 432 g/mol. The number of anilines is 1. The van der Waals surface area contributed by atoms with Crippen molar-refractivity contribution >= 4 is 17.3 Å². The summed E-state index contributed by atoms with van der Waals surface area (Å²) in [6, 6.07) is 11.1. The van der Waals surface area contributed by atoms with Crippen LogP contribution in [0.3, 0.4) is 0 Å². The van der Waals surface area contributed by atoms with E-state index in [9.17, 15) is 26.3 Å². The lowest BCUT2D eigenvalue weighted by Gasteiger charge is -2.27. The van der Waals surface area contributed by atoms with Crippen molar-refractivity contribution in [3.8, 4) is 0 Å². The van der Waals surface area contributed by atoms with Crippen molar-refractivity contribution in [2.75, 3.05) is 4.90 Å². The number of pyridine rings is 2. The number of rotatable bonds is 5. The number of halogens is 7. The molecule has 0 amide bonds. The highest BCUT2D eigenvalue weighted by Gasteiger charge is 2.41. The molecule has 0 atom stereocenters. The maximum Gasteiger partial charge on any atom is 0.417 e. The van der Waals surface area contributed by atoms with Gasteiger partial charge in [0, 0.05) is 18.1 Å². The van der Waals surface area contributed by atoms with Crippen LogP contribution in [0, 0.1) is 0 Å². The van der Waals surface area contributed by atoms with Crippen LogP contribution < -0.4 is 4.90 Å². The molecule has 0 aliphatic carbocycles. The number of hydrogen-bond donors (Lipinski definition) is 0. The normalized spacial score (nSPS) is 12.1. The molecule has 10 heteroatoms. The van der Waals surface area contributed by atoms with Crippen LogP contribution in [-0.2, 0) is 25.4 Å². The van der Waals surface area contributed by atoms with Crippen molar-refractivity contribution in [3.05, 3.63) is 88.5 Å². The van der Waals surface area contributed by atoms with Gasteiger partial charge in [-0.1, -0.05) is 23.7 Å². The van der Waals surface area contributed by atoms with Gasteiger partial charge in [0.25, 0.3) is 0 Å². The fourth-order valence-corrected chi connectivity index (χ4v) is 3.14. The summed E-state index contributed by atoms with van der Waals surface area (Å²) in [5, 5.41) is -1.38. The Hall–Kier alpha value is -2.81. The van der Waals surface area contributed by atoms with Crippen LogP contribution in [0.25, 0.3) is 0 Å². The zero-order valence-corrected chi connectivity index (χ0v) is 15.9. The second-order valence-corrected chi connectivity index (χ2v) is 6.73. The van der Waals surface area contributed by atoms with Crippen LogP contribution >= 0.6 is 11.6 Å². The van der Waals surface area contributed by atoms with E-state index in [0.29, 0.717) is 23.5 Å². The average Bonchev–Trinajstić information content (AvgIpc) is 2.67. The minimum Gasteiger partial charge on any atom is -0.360 e. The lowest BCUT2D eigenvalue weighted by molar-refractivity contribution is -0.142. The molecule has 3 aromatic rings. The molecule has 2 heterocycles. The molecule has 3 rings (SSSR count). The first kappa shape index (κ1) is 21.9. The summed E-state index contributed by atoms with van der Waals surface area (Å²) in [5.41, 5.74) is -2.48. The van der Waals surface area contributed by atoms with Gasteiger partial charge in [-0.15, -0.1) is 0 Å². The summed E-state index contributed by atoms with van der Waals surface area (Å²) in [4.78, 5) is 9.56. The largest absolute Gasteiger partial charge is 0.417 e. The Morgan fingerprint density at radius 3 is 1.50 bits per heavy atom. The Morgan fingerprint density at radius 2 is 1.17 bits per heavy atom. The Balaban J connectivity index is 2.13. The first-order valence-electron chi connectivity index (χ1n) is 8.58. The van der Waals surface area contributed by atoms with E-state index in [0.717, 1.165) is 0 Å². The molecule has 2 aromatic heterocycles. The Labute approximate surface area is 173 Å². The van der Waals surface area contributed by atoms with E-state index < -0.39 is 28.5 Å². The monoisotopic (exact) mass is 445 g/mol. The molecule has 0 N–H and O–H groups in total. The van der Waals surface area contributed by atoms with E-state index in [-0.39, 0.29) is 18.8 Å². The second kappa shape index (κ2) is 8.51. The van der Waals surface area contributed by atoms with E-state index in [1.165, 1.54) is 17.3 Å². The van der Waals surface area contributed by atoms with Gasteiger partial charge in [0.1, 0.15) is 0 Å². The minimum absolute atomic E-state index is 0.0341. The highest BCUT2D eigenvalue weighted by Crippen LogP contribution is 2.44. The SMILES string of the molecule is FC(F)(F)c1cc(N(Cc2ccccn2)Cc2ccccn2)cc(C(F)(F)F)c1Cl. The molecule has 0 fully saturated rings. The molecule has 0 saturated heterocycles.